The fraction of sp³-hybridized carbons (Fsp3) is 0.375. The Bertz CT molecular complexity index is 331. The first-order chi connectivity index (χ1) is 6.27. The van der Waals surface area contributed by atoms with Gasteiger partial charge < -0.3 is 4.42 Å². The molecule has 2 heterocycles. The van der Waals surface area contributed by atoms with E-state index in [0.717, 1.165) is 0 Å². The van der Waals surface area contributed by atoms with E-state index in [1.807, 2.05) is 0 Å². The van der Waals surface area contributed by atoms with Gasteiger partial charge >= 0.3 is 0 Å². The molecule has 1 amide bonds. The van der Waals surface area contributed by atoms with Gasteiger partial charge in [-0.3, -0.25) is 14.5 Å². The highest BCUT2D eigenvalue weighted by Crippen LogP contribution is 2.17. The molecule has 1 fully saturated rings. The van der Waals surface area contributed by atoms with Crippen LogP contribution in [-0.2, 0) is 9.59 Å². The van der Waals surface area contributed by atoms with Crippen LogP contribution in [0.4, 0.5) is 5.88 Å². The third-order valence-electron chi connectivity index (χ3n) is 1.95. The number of aromatic nitrogens is 1. The molecule has 0 aliphatic carbocycles. The quantitative estimate of drug-likeness (QED) is 0.586. The normalized spacial score (nSPS) is 18.0. The van der Waals surface area contributed by atoms with Crippen molar-refractivity contribution >= 4 is 17.6 Å². The number of anilines is 1. The first-order valence-corrected chi connectivity index (χ1v) is 3.98. The molecule has 0 radical (unpaired) electrons. The summed E-state index contributed by atoms with van der Waals surface area (Å²) in [5.41, 5.74) is 0. The van der Waals surface area contributed by atoms with Gasteiger partial charge in [-0.25, -0.2) is 4.98 Å². The van der Waals surface area contributed by atoms with Crippen LogP contribution in [0.25, 0.3) is 0 Å². The minimum Gasteiger partial charge on any atom is -0.427 e. The minimum absolute atomic E-state index is 0.0132. The molecule has 0 aromatic carbocycles. The van der Waals surface area contributed by atoms with Gasteiger partial charge in [0.2, 0.25) is 11.8 Å². The van der Waals surface area contributed by atoms with Crippen LogP contribution in [0.1, 0.15) is 12.8 Å². The van der Waals surface area contributed by atoms with E-state index < -0.39 is 0 Å². The summed E-state index contributed by atoms with van der Waals surface area (Å²) < 4.78 is 4.96. The second kappa shape index (κ2) is 3.01. The number of piperidine rings is 1. The van der Waals surface area contributed by atoms with E-state index in [-0.39, 0.29) is 18.1 Å². The number of carbonyl (C=O) groups excluding carboxylic acids is 2. The molecule has 0 N–H and O–H groups in total. The van der Waals surface area contributed by atoms with Crippen LogP contribution in [-0.4, -0.2) is 23.2 Å². The summed E-state index contributed by atoms with van der Waals surface area (Å²) in [7, 11) is 0. The molecule has 68 valence electrons. The van der Waals surface area contributed by atoms with Gasteiger partial charge in [0.25, 0.3) is 0 Å². The number of nitrogens with zero attached hydrogens (tertiary/aromatic N) is 2. The molecule has 1 aliphatic heterocycles. The van der Waals surface area contributed by atoms with Crippen molar-refractivity contribution < 1.29 is 14.0 Å². The fourth-order valence-electron chi connectivity index (χ4n) is 1.29. The predicted octanol–water partition coefficient (Wildman–Crippen LogP) is 0.371. The summed E-state index contributed by atoms with van der Waals surface area (Å²) in [6, 6.07) is 0. The van der Waals surface area contributed by atoms with Crippen LogP contribution in [0.2, 0.25) is 0 Å². The number of carbonyl (C=O) groups is 2. The first kappa shape index (κ1) is 7.97. The maximum absolute atomic E-state index is 11.3. The lowest BCUT2D eigenvalue weighted by atomic mass is 10.1. The lowest BCUT2D eigenvalue weighted by molar-refractivity contribution is -0.128. The molecule has 1 aromatic rings. The number of Topliss-reactive ketones (excluding diaryl/α,β-unsaturated/α-hetero) is 1. The molecular weight excluding hydrogens is 172 g/mol. The Labute approximate surface area is 74.3 Å². The highest BCUT2D eigenvalue weighted by atomic mass is 16.4. The second-order valence-electron chi connectivity index (χ2n) is 2.85. The Morgan fingerprint density at radius 1 is 1.46 bits per heavy atom. The number of hydrogen-bond donors (Lipinski definition) is 0. The van der Waals surface area contributed by atoms with Crippen LogP contribution in [0.15, 0.2) is 17.0 Å². The van der Waals surface area contributed by atoms with Crippen molar-refractivity contribution in [2.45, 2.75) is 12.8 Å². The molecule has 0 bridgehead atoms. The Kier molecular flexibility index (Phi) is 1.84. The molecule has 5 heteroatoms. The van der Waals surface area contributed by atoms with Crippen molar-refractivity contribution in [2.75, 3.05) is 11.4 Å². The lowest BCUT2D eigenvalue weighted by Crippen LogP contribution is -2.38. The highest BCUT2D eigenvalue weighted by Gasteiger charge is 2.26. The molecule has 0 atom stereocenters. The van der Waals surface area contributed by atoms with E-state index in [1.54, 1.807) is 0 Å². The van der Waals surface area contributed by atoms with Gasteiger partial charge in [0.15, 0.2) is 6.39 Å². The minimum atomic E-state index is -0.215. The van der Waals surface area contributed by atoms with Gasteiger partial charge in [-0.2, -0.15) is 0 Å². The van der Waals surface area contributed by atoms with Crippen molar-refractivity contribution in [1.82, 2.24) is 4.98 Å². The summed E-state index contributed by atoms with van der Waals surface area (Å²) in [5, 5.41) is 0. The maximum atomic E-state index is 11.3. The molecule has 0 spiro atoms. The zero-order chi connectivity index (χ0) is 9.26. The lowest BCUT2D eigenvalue weighted by Gasteiger charge is -2.22. The summed E-state index contributed by atoms with van der Waals surface area (Å²) in [6.45, 7) is 0.396. The summed E-state index contributed by atoms with van der Waals surface area (Å²) in [6.07, 6.45) is 3.10. The summed E-state index contributed by atoms with van der Waals surface area (Å²) in [4.78, 5) is 27.4. The number of hydrogen-bond acceptors (Lipinski definition) is 4. The van der Waals surface area contributed by atoms with Crippen LogP contribution >= 0.6 is 0 Å². The van der Waals surface area contributed by atoms with Gasteiger partial charge in [0.1, 0.15) is 5.78 Å². The topological polar surface area (TPSA) is 63.4 Å². The molecule has 0 unspecified atom stereocenters. The maximum Gasteiger partial charge on any atom is 0.236 e. The molecule has 1 aliphatic rings. The molecule has 2 rings (SSSR count). The van der Waals surface area contributed by atoms with Crippen LogP contribution < -0.4 is 4.90 Å². The van der Waals surface area contributed by atoms with Crippen LogP contribution in [0, 0.1) is 0 Å². The predicted molar refractivity (Wildman–Crippen MR) is 43.1 cm³/mol. The zero-order valence-electron chi connectivity index (χ0n) is 6.90. The van der Waals surface area contributed by atoms with E-state index in [0.29, 0.717) is 18.8 Å². The van der Waals surface area contributed by atoms with E-state index in [4.69, 9.17) is 4.42 Å². The highest BCUT2D eigenvalue weighted by molar-refractivity contribution is 6.07. The Hall–Kier alpha value is -1.65. The van der Waals surface area contributed by atoms with E-state index in [9.17, 15) is 9.59 Å². The fourth-order valence-corrected chi connectivity index (χ4v) is 1.29. The standard InChI is InChI=1S/C8H8N2O3/c11-6-1-2-10(7(12)3-6)8-4-9-5-13-8/h4-5H,1-3H2. The van der Waals surface area contributed by atoms with Crippen LogP contribution in [0.3, 0.4) is 0 Å². The van der Waals surface area contributed by atoms with Crippen LogP contribution in [0.5, 0.6) is 0 Å². The van der Waals surface area contributed by atoms with Gasteiger partial charge in [0.05, 0.1) is 12.6 Å². The molecule has 13 heavy (non-hydrogen) atoms. The van der Waals surface area contributed by atoms with E-state index in [2.05, 4.69) is 4.98 Å². The van der Waals surface area contributed by atoms with Crippen molar-refractivity contribution in [3.63, 3.8) is 0 Å². The van der Waals surface area contributed by atoms with Crippen molar-refractivity contribution in [1.29, 1.82) is 0 Å². The smallest absolute Gasteiger partial charge is 0.236 e. The molecule has 1 saturated heterocycles. The van der Waals surface area contributed by atoms with Gasteiger partial charge in [0, 0.05) is 13.0 Å². The Morgan fingerprint density at radius 2 is 2.31 bits per heavy atom. The number of amides is 1. The second-order valence-corrected chi connectivity index (χ2v) is 2.85. The number of oxazole rings is 1. The summed E-state index contributed by atoms with van der Waals surface area (Å²) >= 11 is 0. The Balaban J connectivity index is 2.17. The van der Waals surface area contributed by atoms with E-state index in [1.165, 1.54) is 17.5 Å². The molecule has 0 saturated carbocycles. The molecular formula is C8H8N2O3. The largest absolute Gasteiger partial charge is 0.427 e. The first-order valence-electron chi connectivity index (χ1n) is 3.98. The Morgan fingerprint density at radius 3 is 2.92 bits per heavy atom. The molecule has 5 nitrogen and oxygen atoms in total. The monoisotopic (exact) mass is 180 g/mol. The number of ketones is 1. The van der Waals surface area contributed by atoms with Crippen molar-refractivity contribution in [3.8, 4) is 0 Å². The van der Waals surface area contributed by atoms with Gasteiger partial charge in [-0.05, 0) is 0 Å². The summed E-state index contributed by atoms with van der Waals surface area (Å²) in [5.74, 6) is 0.186. The SMILES string of the molecule is O=C1CCN(c2cnco2)C(=O)C1. The van der Waals surface area contributed by atoms with Crippen molar-refractivity contribution in [3.05, 3.63) is 12.6 Å². The zero-order valence-corrected chi connectivity index (χ0v) is 6.90. The van der Waals surface area contributed by atoms with Gasteiger partial charge in [-0.1, -0.05) is 0 Å². The third kappa shape index (κ3) is 1.44. The van der Waals surface area contributed by atoms with Crippen molar-refractivity contribution in [2.24, 2.45) is 0 Å². The average Bonchev–Trinajstić information content (AvgIpc) is 2.56. The van der Waals surface area contributed by atoms with Gasteiger partial charge in [-0.15, -0.1) is 0 Å². The van der Waals surface area contributed by atoms with E-state index >= 15 is 0 Å². The number of rotatable bonds is 1. The average molecular weight is 180 g/mol. The third-order valence-corrected chi connectivity index (χ3v) is 1.95. The molecule has 1 aromatic heterocycles.